The maximum atomic E-state index is 13.1. The highest BCUT2D eigenvalue weighted by Crippen LogP contribution is 2.38. The molecule has 0 radical (unpaired) electrons. The van der Waals surface area contributed by atoms with Gasteiger partial charge in [0, 0.05) is 22.0 Å². The fourth-order valence-corrected chi connectivity index (χ4v) is 3.61. The average molecular weight is 410 g/mol. The second-order valence-electron chi connectivity index (χ2n) is 6.27. The van der Waals surface area contributed by atoms with Crippen LogP contribution in [0.25, 0.3) is 5.69 Å². The third kappa shape index (κ3) is 2.86. The van der Waals surface area contributed by atoms with Crippen molar-refractivity contribution in [3.63, 3.8) is 0 Å². The molecule has 1 aromatic heterocycles. The summed E-state index contributed by atoms with van der Waals surface area (Å²) in [6.45, 7) is 1.87. The van der Waals surface area contributed by atoms with Gasteiger partial charge in [0.2, 0.25) is 5.91 Å². The minimum Gasteiger partial charge on any atom is -0.310 e. The van der Waals surface area contributed by atoms with E-state index in [4.69, 9.17) is 0 Å². The van der Waals surface area contributed by atoms with Gasteiger partial charge >= 0.3 is 0 Å². The molecule has 1 aliphatic rings. The number of amides is 1. The molecule has 2 aromatic carbocycles. The lowest BCUT2D eigenvalue weighted by Gasteiger charge is -2.23. The Labute approximate surface area is 159 Å². The number of fused-ring (bicyclic) bond motifs is 1. The standard InChI is InChI=1S/C20H16BrN3O2/c1-12-18-16(19(26)13-7-9-14(21)10-8-13)11-17(25)22-20(18)24(23-12)15-5-3-2-4-6-15/h2-10,16H,11H2,1H3,(H,22,25)/t16-/m1/s1. The molecule has 0 saturated heterocycles. The number of anilines is 1. The Morgan fingerprint density at radius 3 is 2.54 bits per heavy atom. The number of carbonyl (C=O) groups is 2. The highest BCUT2D eigenvalue weighted by molar-refractivity contribution is 9.10. The molecule has 0 bridgehead atoms. The Hall–Kier alpha value is -2.73. The highest BCUT2D eigenvalue weighted by atomic mass is 79.9. The van der Waals surface area contributed by atoms with Gasteiger partial charge in [-0.1, -0.05) is 46.3 Å². The number of hydrogen-bond donors (Lipinski definition) is 1. The topological polar surface area (TPSA) is 64.0 Å². The van der Waals surface area contributed by atoms with Gasteiger partial charge in [0.1, 0.15) is 5.82 Å². The first-order valence-electron chi connectivity index (χ1n) is 8.29. The summed E-state index contributed by atoms with van der Waals surface area (Å²) >= 11 is 3.38. The maximum Gasteiger partial charge on any atom is 0.226 e. The fourth-order valence-electron chi connectivity index (χ4n) is 3.34. The summed E-state index contributed by atoms with van der Waals surface area (Å²) in [5.74, 6) is -0.188. The monoisotopic (exact) mass is 409 g/mol. The van der Waals surface area contributed by atoms with Gasteiger partial charge in [-0.05, 0) is 31.2 Å². The molecule has 1 N–H and O–H groups in total. The van der Waals surface area contributed by atoms with Crippen LogP contribution >= 0.6 is 15.9 Å². The molecule has 6 heteroatoms. The zero-order valence-electron chi connectivity index (χ0n) is 14.1. The number of rotatable bonds is 3. The molecule has 2 heterocycles. The van der Waals surface area contributed by atoms with Crippen LogP contribution in [0.5, 0.6) is 0 Å². The Balaban J connectivity index is 1.81. The van der Waals surface area contributed by atoms with Crippen molar-refractivity contribution in [1.82, 2.24) is 9.78 Å². The van der Waals surface area contributed by atoms with E-state index >= 15 is 0 Å². The maximum absolute atomic E-state index is 13.1. The summed E-state index contributed by atoms with van der Waals surface area (Å²) in [6, 6.07) is 16.8. The third-order valence-electron chi connectivity index (χ3n) is 4.55. The minimum absolute atomic E-state index is 0.0655. The Kier molecular flexibility index (Phi) is 4.20. The van der Waals surface area contributed by atoms with Crippen LogP contribution in [-0.4, -0.2) is 21.5 Å². The Morgan fingerprint density at radius 1 is 1.15 bits per heavy atom. The normalized spacial score (nSPS) is 16.1. The predicted molar refractivity (Wildman–Crippen MR) is 103 cm³/mol. The zero-order valence-corrected chi connectivity index (χ0v) is 15.7. The number of carbonyl (C=O) groups excluding carboxylic acids is 2. The molecule has 0 spiro atoms. The van der Waals surface area contributed by atoms with Crippen LogP contribution in [0.15, 0.2) is 59.1 Å². The number of aryl methyl sites for hydroxylation is 1. The van der Waals surface area contributed by atoms with Crippen molar-refractivity contribution in [3.8, 4) is 5.69 Å². The van der Waals surface area contributed by atoms with E-state index in [1.165, 1.54) is 0 Å². The van der Waals surface area contributed by atoms with Gasteiger partial charge in [-0.15, -0.1) is 0 Å². The van der Waals surface area contributed by atoms with Crippen LogP contribution in [-0.2, 0) is 4.79 Å². The van der Waals surface area contributed by atoms with Gasteiger partial charge in [-0.2, -0.15) is 5.10 Å². The van der Waals surface area contributed by atoms with Crippen LogP contribution in [0.3, 0.4) is 0 Å². The number of nitrogens with one attached hydrogen (secondary N) is 1. The van der Waals surface area contributed by atoms with Crippen molar-refractivity contribution in [2.24, 2.45) is 0 Å². The van der Waals surface area contributed by atoms with Gasteiger partial charge in [0.15, 0.2) is 5.78 Å². The van der Waals surface area contributed by atoms with E-state index in [1.807, 2.05) is 49.4 Å². The van der Waals surface area contributed by atoms with E-state index in [1.54, 1.807) is 16.8 Å². The summed E-state index contributed by atoms with van der Waals surface area (Å²) in [7, 11) is 0. The van der Waals surface area contributed by atoms with E-state index in [-0.39, 0.29) is 18.1 Å². The molecule has 1 aliphatic heterocycles. The van der Waals surface area contributed by atoms with E-state index in [0.717, 1.165) is 21.4 Å². The van der Waals surface area contributed by atoms with Crippen molar-refractivity contribution in [2.45, 2.75) is 19.3 Å². The van der Waals surface area contributed by atoms with E-state index in [9.17, 15) is 9.59 Å². The number of ketones is 1. The summed E-state index contributed by atoms with van der Waals surface area (Å²) in [5, 5.41) is 7.47. The number of halogens is 1. The number of Topliss-reactive ketones (excluding diaryl/α,β-unsaturated/α-hetero) is 1. The second kappa shape index (κ2) is 6.53. The molecule has 0 aliphatic carbocycles. The van der Waals surface area contributed by atoms with Crippen LogP contribution < -0.4 is 5.32 Å². The van der Waals surface area contributed by atoms with Crippen molar-refractivity contribution < 1.29 is 9.59 Å². The lowest BCUT2D eigenvalue weighted by atomic mass is 9.85. The Bertz CT molecular complexity index is 994. The molecule has 3 aromatic rings. The number of benzene rings is 2. The zero-order chi connectivity index (χ0) is 18.3. The smallest absolute Gasteiger partial charge is 0.226 e. The first-order chi connectivity index (χ1) is 12.5. The van der Waals surface area contributed by atoms with Crippen molar-refractivity contribution in [3.05, 3.63) is 75.9 Å². The number of aromatic nitrogens is 2. The molecule has 0 fully saturated rings. The van der Waals surface area contributed by atoms with Crippen LogP contribution in [0.2, 0.25) is 0 Å². The molecule has 0 saturated carbocycles. The van der Waals surface area contributed by atoms with E-state index in [2.05, 4.69) is 26.3 Å². The quantitative estimate of drug-likeness (QED) is 0.657. The van der Waals surface area contributed by atoms with Gasteiger partial charge in [0.05, 0.1) is 17.3 Å². The lowest BCUT2D eigenvalue weighted by molar-refractivity contribution is -0.116. The summed E-state index contributed by atoms with van der Waals surface area (Å²) < 4.78 is 2.60. The SMILES string of the molecule is Cc1nn(-c2ccccc2)c2c1[C@H](C(=O)c1ccc(Br)cc1)CC(=O)N2. The summed E-state index contributed by atoms with van der Waals surface area (Å²) in [4.78, 5) is 25.4. The number of hydrogen-bond acceptors (Lipinski definition) is 3. The van der Waals surface area contributed by atoms with Crippen LogP contribution in [0, 0.1) is 6.92 Å². The molecule has 5 nitrogen and oxygen atoms in total. The van der Waals surface area contributed by atoms with Gasteiger partial charge in [-0.25, -0.2) is 4.68 Å². The first kappa shape index (κ1) is 16.7. The molecule has 4 rings (SSSR count). The van der Waals surface area contributed by atoms with Gasteiger partial charge < -0.3 is 5.32 Å². The van der Waals surface area contributed by atoms with Crippen LogP contribution in [0.1, 0.15) is 34.0 Å². The predicted octanol–water partition coefficient (Wildman–Crippen LogP) is 4.25. The number of para-hydroxylation sites is 1. The van der Waals surface area contributed by atoms with Crippen molar-refractivity contribution in [1.29, 1.82) is 0 Å². The largest absolute Gasteiger partial charge is 0.310 e. The fraction of sp³-hybridized carbons (Fsp3) is 0.150. The first-order valence-corrected chi connectivity index (χ1v) is 9.08. The summed E-state index contributed by atoms with van der Waals surface area (Å²) in [5.41, 5.74) is 2.97. The van der Waals surface area contributed by atoms with Crippen molar-refractivity contribution >= 4 is 33.4 Å². The molecular formula is C20H16BrN3O2. The van der Waals surface area contributed by atoms with E-state index in [0.29, 0.717) is 11.4 Å². The van der Waals surface area contributed by atoms with Crippen molar-refractivity contribution in [2.75, 3.05) is 5.32 Å². The lowest BCUT2D eigenvalue weighted by Crippen LogP contribution is -2.28. The molecule has 0 unspecified atom stereocenters. The third-order valence-corrected chi connectivity index (χ3v) is 5.08. The Morgan fingerprint density at radius 2 is 1.85 bits per heavy atom. The molecular weight excluding hydrogens is 394 g/mol. The highest BCUT2D eigenvalue weighted by Gasteiger charge is 2.36. The molecule has 1 amide bonds. The molecule has 1 atom stereocenters. The van der Waals surface area contributed by atoms with E-state index < -0.39 is 5.92 Å². The average Bonchev–Trinajstić information content (AvgIpc) is 2.98. The second-order valence-corrected chi connectivity index (χ2v) is 7.19. The van der Waals surface area contributed by atoms with Gasteiger partial charge in [-0.3, -0.25) is 9.59 Å². The molecule has 26 heavy (non-hydrogen) atoms. The minimum atomic E-state index is -0.530. The number of nitrogens with zero attached hydrogens (tertiary/aromatic N) is 2. The van der Waals surface area contributed by atoms with Crippen LogP contribution in [0.4, 0.5) is 5.82 Å². The van der Waals surface area contributed by atoms with Gasteiger partial charge in [0.25, 0.3) is 0 Å². The summed E-state index contributed by atoms with van der Waals surface area (Å²) in [6.07, 6.45) is 0.128. The molecule has 130 valence electrons.